The molecule has 3 N–H and O–H groups in total. The first-order valence-electron chi connectivity index (χ1n) is 11.7. The van der Waals surface area contributed by atoms with Crippen molar-refractivity contribution in [2.24, 2.45) is 0 Å². The fourth-order valence-electron chi connectivity index (χ4n) is 3.13. The molecule has 0 unspecified atom stereocenters. The largest absolute Gasteiger partial charge is 0.480 e. The molecule has 0 spiro atoms. The van der Waals surface area contributed by atoms with Crippen molar-refractivity contribution in [3.05, 3.63) is 76.9 Å². The average molecular weight is 516 g/mol. The highest BCUT2D eigenvalue weighted by Crippen LogP contribution is 2.15. The zero-order chi connectivity index (χ0) is 26.2. The summed E-state index contributed by atoms with van der Waals surface area (Å²) in [5, 5.41) is 21.3. The van der Waals surface area contributed by atoms with Gasteiger partial charge < -0.3 is 15.5 Å². The van der Waals surface area contributed by atoms with E-state index in [0.29, 0.717) is 11.3 Å². The first-order chi connectivity index (χ1) is 16.6. The number of hydrogen-bond donors (Lipinski definition) is 3. The first-order valence-corrected chi connectivity index (χ1v) is 12.8. The fourth-order valence-corrected chi connectivity index (χ4v) is 4.13. The smallest absolute Gasteiger partial charge is 0.336 e. The number of carbonyl (C=O) groups is 3. The molecule has 0 aliphatic heterocycles. The third kappa shape index (κ3) is 14.4. The molecule has 1 aromatic carbocycles. The summed E-state index contributed by atoms with van der Waals surface area (Å²) in [5.41, 5.74) is 4.14. The maximum Gasteiger partial charge on any atom is 0.336 e. The van der Waals surface area contributed by atoms with Crippen LogP contribution in [0.2, 0.25) is 0 Å². The molecule has 1 amide bonds. The Kier molecular flexibility index (Phi) is 16.7. The van der Waals surface area contributed by atoms with Crippen molar-refractivity contribution in [3.8, 4) is 0 Å². The van der Waals surface area contributed by atoms with E-state index in [1.54, 1.807) is 30.3 Å². The molecule has 0 saturated carbocycles. The second-order valence-electron chi connectivity index (χ2n) is 8.63. The minimum atomic E-state index is -1.26. The van der Waals surface area contributed by atoms with Crippen LogP contribution < -0.4 is 5.32 Å². The van der Waals surface area contributed by atoms with Gasteiger partial charge in [0.05, 0.1) is 5.57 Å². The van der Waals surface area contributed by atoms with Crippen LogP contribution in [0.25, 0.3) is 5.57 Å². The molecule has 1 rings (SSSR count). The molecule has 0 aliphatic carbocycles. The van der Waals surface area contributed by atoms with Gasteiger partial charge in [-0.05, 0) is 58.9 Å². The summed E-state index contributed by atoms with van der Waals surface area (Å²) in [4.78, 5) is 35.4. The normalized spacial score (nSPS) is 12.8. The van der Waals surface area contributed by atoms with E-state index < -0.39 is 23.9 Å². The molecule has 0 radical (unpaired) electrons. The Labute approximate surface area is 220 Å². The van der Waals surface area contributed by atoms with Gasteiger partial charge in [-0.2, -0.15) is 11.8 Å². The summed E-state index contributed by atoms with van der Waals surface area (Å²) in [6.07, 6.45) is 11.6. The molecule has 1 aromatic rings. The molecular formula is C29H41NO5S. The van der Waals surface area contributed by atoms with E-state index in [-0.39, 0.29) is 18.8 Å². The maximum atomic E-state index is 12.3. The Morgan fingerprint density at radius 2 is 1.50 bits per heavy atom. The first kappa shape index (κ1) is 32.9. The van der Waals surface area contributed by atoms with Crippen LogP contribution in [0.5, 0.6) is 0 Å². The van der Waals surface area contributed by atoms with Crippen LogP contribution in [0.1, 0.15) is 66.4 Å². The summed E-state index contributed by atoms with van der Waals surface area (Å²) < 4.78 is 0. The minimum absolute atomic E-state index is 0. The lowest BCUT2D eigenvalue weighted by Gasteiger charge is -2.13. The van der Waals surface area contributed by atoms with Crippen LogP contribution in [0.15, 0.2) is 71.4 Å². The Morgan fingerprint density at radius 1 is 0.917 bits per heavy atom. The summed E-state index contributed by atoms with van der Waals surface area (Å²) in [7, 11) is 0. The predicted molar refractivity (Wildman–Crippen MR) is 151 cm³/mol. The maximum absolute atomic E-state index is 12.3. The van der Waals surface area contributed by atoms with Crippen molar-refractivity contribution in [3.63, 3.8) is 0 Å². The number of carboxylic acid groups (broad SMARTS) is 2. The number of nitrogens with one attached hydrogen (secondary N) is 1. The third-order valence-electron chi connectivity index (χ3n) is 5.16. The molecule has 0 aliphatic rings. The molecule has 7 heteroatoms. The van der Waals surface area contributed by atoms with E-state index in [9.17, 15) is 24.6 Å². The van der Waals surface area contributed by atoms with Crippen LogP contribution in [-0.2, 0) is 14.4 Å². The SMILES string of the molecule is C.CC(C)=CCC/C(C)=C/CC/C(C)=C/CSC[C@H](NC(=O)/C=C(\C(=O)O)c1ccccc1)C(=O)O. The van der Waals surface area contributed by atoms with Crippen molar-refractivity contribution in [2.75, 3.05) is 11.5 Å². The molecule has 198 valence electrons. The molecular weight excluding hydrogens is 474 g/mol. The molecule has 0 aromatic heterocycles. The van der Waals surface area contributed by atoms with Crippen LogP contribution in [-0.4, -0.2) is 45.6 Å². The standard InChI is InChI=1S/C28H37NO5S.CH4/c1-20(2)10-8-11-21(3)12-9-13-22(4)16-17-35-19-25(28(33)34)29-26(30)18-24(27(31)32)23-14-6-5-7-15-23;/h5-7,10,12,14-16,18,25H,8-9,11,13,17,19H2,1-4H3,(H,29,30)(H,31,32)(H,33,34);1H4/b21-12+,22-16+,24-18-;/t25-;/m0./s1. The molecule has 36 heavy (non-hydrogen) atoms. The van der Waals surface area contributed by atoms with E-state index in [2.05, 4.69) is 51.2 Å². The van der Waals surface area contributed by atoms with E-state index in [4.69, 9.17) is 0 Å². The zero-order valence-electron chi connectivity index (χ0n) is 21.0. The molecule has 0 heterocycles. The van der Waals surface area contributed by atoms with Gasteiger partial charge in [0.1, 0.15) is 6.04 Å². The van der Waals surface area contributed by atoms with Crippen molar-refractivity contribution in [1.82, 2.24) is 5.32 Å². The summed E-state index contributed by atoms with van der Waals surface area (Å²) in [5.74, 6) is -2.36. The minimum Gasteiger partial charge on any atom is -0.480 e. The molecule has 0 saturated heterocycles. The summed E-state index contributed by atoms with van der Waals surface area (Å²) >= 11 is 1.40. The number of thioether (sulfide) groups is 1. The van der Waals surface area contributed by atoms with Gasteiger partial charge in [-0.1, -0.05) is 72.7 Å². The van der Waals surface area contributed by atoms with Crippen molar-refractivity contribution >= 4 is 35.2 Å². The summed E-state index contributed by atoms with van der Waals surface area (Å²) in [6, 6.07) is 7.11. The Bertz CT molecular complexity index is 973. The Morgan fingerprint density at radius 3 is 2.06 bits per heavy atom. The van der Waals surface area contributed by atoms with Gasteiger partial charge in [-0.25, -0.2) is 9.59 Å². The van der Waals surface area contributed by atoms with Gasteiger partial charge in [-0.15, -0.1) is 0 Å². The lowest BCUT2D eigenvalue weighted by atomic mass is 10.1. The topological polar surface area (TPSA) is 104 Å². The number of amides is 1. The Balaban J connectivity index is 0.0000122. The predicted octanol–water partition coefficient (Wildman–Crippen LogP) is 6.51. The second kappa shape index (κ2) is 18.2. The molecule has 1 atom stereocenters. The second-order valence-corrected chi connectivity index (χ2v) is 9.70. The molecule has 6 nitrogen and oxygen atoms in total. The van der Waals surface area contributed by atoms with E-state index in [1.807, 2.05) is 0 Å². The summed E-state index contributed by atoms with van der Waals surface area (Å²) in [6.45, 7) is 8.43. The van der Waals surface area contributed by atoms with Crippen LogP contribution in [0, 0.1) is 0 Å². The van der Waals surface area contributed by atoms with Crippen LogP contribution in [0.4, 0.5) is 0 Å². The molecule has 0 fully saturated rings. The van der Waals surface area contributed by atoms with Crippen LogP contribution in [0.3, 0.4) is 0 Å². The molecule has 0 bridgehead atoms. The van der Waals surface area contributed by atoms with Crippen molar-refractivity contribution < 1.29 is 24.6 Å². The lowest BCUT2D eigenvalue weighted by Crippen LogP contribution is -2.42. The number of rotatable bonds is 15. The van der Waals surface area contributed by atoms with Gasteiger partial charge in [0, 0.05) is 17.6 Å². The monoisotopic (exact) mass is 515 g/mol. The van der Waals surface area contributed by atoms with Crippen molar-refractivity contribution in [2.45, 2.75) is 66.8 Å². The lowest BCUT2D eigenvalue weighted by molar-refractivity contribution is -0.140. The highest BCUT2D eigenvalue weighted by molar-refractivity contribution is 7.99. The third-order valence-corrected chi connectivity index (χ3v) is 6.13. The number of aliphatic carboxylic acids is 2. The average Bonchev–Trinajstić information content (AvgIpc) is 2.79. The van der Waals surface area contributed by atoms with Gasteiger partial charge in [0.25, 0.3) is 0 Å². The number of allylic oxidation sites excluding steroid dienone is 5. The number of benzene rings is 1. The highest BCUT2D eigenvalue weighted by Gasteiger charge is 2.20. The highest BCUT2D eigenvalue weighted by atomic mass is 32.2. The van der Waals surface area contributed by atoms with Gasteiger partial charge in [-0.3, -0.25) is 4.79 Å². The zero-order valence-corrected chi connectivity index (χ0v) is 21.9. The van der Waals surface area contributed by atoms with E-state index in [1.165, 1.54) is 28.5 Å². The fraction of sp³-hybridized carbons (Fsp3) is 0.414. The number of carbonyl (C=O) groups excluding carboxylic acids is 1. The number of hydrogen-bond acceptors (Lipinski definition) is 4. The van der Waals surface area contributed by atoms with E-state index >= 15 is 0 Å². The van der Waals surface area contributed by atoms with Crippen molar-refractivity contribution in [1.29, 1.82) is 0 Å². The number of carboxylic acids is 2. The van der Waals surface area contributed by atoms with Gasteiger partial charge >= 0.3 is 11.9 Å². The Hall–Kier alpha value is -3.06. The van der Waals surface area contributed by atoms with Crippen LogP contribution >= 0.6 is 11.8 Å². The van der Waals surface area contributed by atoms with E-state index in [0.717, 1.165) is 31.8 Å². The van der Waals surface area contributed by atoms with Gasteiger partial charge in [0.15, 0.2) is 0 Å². The quantitative estimate of drug-likeness (QED) is 0.140. The van der Waals surface area contributed by atoms with Gasteiger partial charge in [0.2, 0.25) is 5.91 Å².